The van der Waals surface area contributed by atoms with Crippen LogP contribution >= 0.6 is 0 Å². The van der Waals surface area contributed by atoms with E-state index in [0.717, 1.165) is 31.2 Å². The summed E-state index contributed by atoms with van der Waals surface area (Å²) in [4.78, 5) is 15.3. The zero-order valence-electron chi connectivity index (χ0n) is 16.7. The molecule has 1 atom stereocenters. The number of anilines is 1. The van der Waals surface area contributed by atoms with E-state index in [4.69, 9.17) is 0 Å². The van der Waals surface area contributed by atoms with Gasteiger partial charge in [0.05, 0.1) is 0 Å². The van der Waals surface area contributed by atoms with E-state index in [1.165, 1.54) is 23.6 Å². The van der Waals surface area contributed by atoms with E-state index in [1.54, 1.807) is 7.05 Å². The molecule has 0 radical (unpaired) electrons. The molecular formula is C22H30N4O. The predicted molar refractivity (Wildman–Crippen MR) is 113 cm³/mol. The molecule has 0 aliphatic rings. The van der Waals surface area contributed by atoms with Crippen molar-refractivity contribution in [3.8, 4) is 0 Å². The van der Waals surface area contributed by atoms with Crippen LogP contribution in [0.1, 0.15) is 36.5 Å². The molecule has 1 amide bonds. The molecule has 1 unspecified atom stereocenters. The molecule has 2 rings (SSSR count). The van der Waals surface area contributed by atoms with Crippen molar-refractivity contribution < 1.29 is 4.79 Å². The fourth-order valence-corrected chi connectivity index (χ4v) is 2.85. The summed E-state index contributed by atoms with van der Waals surface area (Å²) in [5, 5.41) is 9.52. The first-order chi connectivity index (χ1) is 13.0. The average molecular weight is 367 g/mol. The summed E-state index contributed by atoms with van der Waals surface area (Å²) in [5.41, 5.74) is 4.64. The highest BCUT2D eigenvalue weighted by Crippen LogP contribution is 2.15. The number of carbonyl (C=O) groups excluding carboxylic acids is 1. The van der Waals surface area contributed by atoms with E-state index in [2.05, 4.69) is 59.1 Å². The number of hydrogen-bond donors (Lipinski definition) is 3. The first kappa shape index (κ1) is 20.5. The van der Waals surface area contributed by atoms with Gasteiger partial charge >= 0.3 is 0 Å². The summed E-state index contributed by atoms with van der Waals surface area (Å²) in [7, 11) is 1.79. The van der Waals surface area contributed by atoms with Crippen molar-refractivity contribution in [2.24, 2.45) is 4.99 Å². The summed E-state index contributed by atoms with van der Waals surface area (Å²) < 4.78 is 0. The van der Waals surface area contributed by atoms with Gasteiger partial charge in [-0.05, 0) is 42.5 Å². The van der Waals surface area contributed by atoms with Crippen molar-refractivity contribution in [2.45, 2.75) is 33.1 Å². The second-order valence-corrected chi connectivity index (χ2v) is 6.82. The molecule has 5 heteroatoms. The van der Waals surface area contributed by atoms with Crippen molar-refractivity contribution >= 4 is 17.6 Å². The number of aryl methyl sites for hydroxylation is 1. The molecular weight excluding hydrogens is 336 g/mol. The summed E-state index contributed by atoms with van der Waals surface area (Å²) in [5.74, 6) is 1.16. The molecule has 144 valence electrons. The average Bonchev–Trinajstić information content (AvgIpc) is 2.65. The maximum Gasteiger partial charge on any atom is 0.221 e. The number of rotatable bonds is 7. The molecule has 2 aromatic carbocycles. The molecule has 0 bridgehead atoms. The van der Waals surface area contributed by atoms with Gasteiger partial charge in [-0.25, -0.2) is 0 Å². The number of benzene rings is 2. The van der Waals surface area contributed by atoms with Crippen LogP contribution in [0.5, 0.6) is 0 Å². The van der Waals surface area contributed by atoms with Crippen LogP contribution < -0.4 is 16.0 Å². The molecule has 0 spiro atoms. The predicted octanol–water partition coefficient (Wildman–Crippen LogP) is 3.46. The highest BCUT2D eigenvalue weighted by molar-refractivity contribution is 5.88. The number of nitrogens with one attached hydrogen (secondary N) is 3. The van der Waals surface area contributed by atoms with Crippen LogP contribution in [0.4, 0.5) is 5.69 Å². The zero-order valence-corrected chi connectivity index (χ0v) is 16.7. The Bertz CT molecular complexity index is 768. The third kappa shape index (κ3) is 7.13. The highest BCUT2D eigenvalue weighted by atomic mass is 16.1. The fourth-order valence-electron chi connectivity index (χ4n) is 2.85. The Morgan fingerprint density at radius 1 is 1.11 bits per heavy atom. The van der Waals surface area contributed by atoms with Crippen molar-refractivity contribution in [1.82, 2.24) is 10.6 Å². The van der Waals surface area contributed by atoms with Gasteiger partial charge < -0.3 is 16.0 Å². The minimum atomic E-state index is -0.0563. The van der Waals surface area contributed by atoms with E-state index < -0.39 is 0 Å². The first-order valence-electron chi connectivity index (χ1n) is 9.35. The molecule has 0 heterocycles. The highest BCUT2D eigenvalue weighted by Gasteiger charge is 2.07. The van der Waals surface area contributed by atoms with Crippen molar-refractivity contribution in [1.29, 1.82) is 0 Å². The Morgan fingerprint density at radius 2 is 1.85 bits per heavy atom. The van der Waals surface area contributed by atoms with Crippen molar-refractivity contribution in [3.63, 3.8) is 0 Å². The van der Waals surface area contributed by atoms with E-state index in [-0.39, 0.29) is 5.91 Å². The lowest BCUT2D eigenvalue weighted by Gasteiger charge is -2.17. The van der Waals surface area contributed by atoms with Crippen LogP contribution in [0.3, 0.4) is 0 Å². The fraction of sp³-hybridized carbons (Fsp3) is 0.364. The molecule has 5 nitrogen and oxygen atoms in total. The zero-order chi connectivity index (χ0) is 19.6. The summed E-state index contributed by atoms with van der Waals surface area (Å²) in [6, 6.07) is 16.5. The third-order valence-corrected chi connectivity index (χ3v) is 4.39. The van der Waals surface area contributed by atoms with E-state index in [9.17, 15) is 4.79 Å². The Morgan fingerprint density at radius 3 is 2.48 bits per heavy atom. The summed E-state index contributed by atoms with van der Waals surface area (Å²) in [6.07, 6.45) is 0.883. The SMILES string of the molecule is CN=C(NCCc1ccc(NC(C)=O)cc1)NCC(C)c1cccc(C)c1. The molecule has 3 N–H and O–H groups in total. The molecule has 0 aliphatic carbocycles. The van der Waals surface area contributed by atoms with E-state index >= 15 is 0 Å². The molecule has 0 saturated heterocycles. The second kappa shape index (κ2) is 10.4. The van der Waals surface area contributed by atoms with Crippen LogP contribution in [-0.4, -0.2) is 32.0 Å². The molecule has 2 aromatic rings. The maximum absolute atomic E-state index is 11.1. The van der Waals surface area contributed by atoms with Crippen molar-refractivity contribution in [2.75, 3.05) is 25.5 Å². The van der Waals surface area contributed by atoms with Gasteiger partial charge in [0.2, 0.25) is 5.91 Å². The molecule has 0 saturated carbocycles. The Kier molecular flexibility index (Phi) is 7.86. The quantitative estimate of drug-likeness (QED) is 0.519. The van der Waals surface area contributed by atoms with Gasteiger partial charge in [-0.15, -0.1) is 0 Å². The molecule has 27 heavy (non-hydrogen) atoms. The molecule has 0 aliphatic heterocycles. The minimum absolute atomic E-state index is 0.0563. The van der Waals surface area contributed by atoms with Gasteiger partial charge in [-0.2, -0.15) is 0 Å². The van der Waals surface area contributed by atoms with Gasteiger partial charge in [0.25, 0.3) is 0 Å². The lowest BCUT2D eigenvalue weighted by atomic mass is 9.99. The normalized spacial score (nSPS) is 12.4. The topological polar surface area (TPSA) is 65.5 Å². The first-order valence-corrected chi connectivity index (χ1v) is 9.35. The number of guanidine groups is 1. The lowest BCUT2D eigenvalue weighted by molar-refractivity contribution is -0.114. The standard InChI is InChI=1S/C22H30N4O/c1-16-6-5-7-20(14-16)17(2)15-25-22(23-4)24-13-12-19-8-10-21(11-9-19)26-18(3)27/h5-11,14,17H,12-13,15H2,1-4H3,(H,26,27)(H2,23,24,25). The largest absolute Gasteiger partial charge is 0.356 e. The van der Waals surface area contributed by atoms with E-state index in [0.29, 0.717) is 5.92 Å². The smallest absolute Gasteiger partial charge is 0.221 e. The Hall–Kier alpha value is -2.82. The summed E-state index contributed by atoms with van der Waals surface area (Å²) in [6.45, 7) is 7.46. The number of nitrogens with zero attached hydrogens (tertiary/aromatic N) is 1. The summed E-state index contributed by atoms with van der Waals surface area (Å²) >= 11 is 0. The molecule has 0 aromatic heterocycles. The van der Waals surface area contributed by atoms with Crippen LogP contribution in [-0.2, 0) is 11.2 Å². The Labute approximate surface area is 162 Å². The number of aliphatic imine (C=N–C) groups is 1. The van der Waals surface area contributed by atoms with Gasteiger partial charge in [0.15, 0.2) is 5.96 Å². The minimum Gasteiger partial charge on any atom is -0.356 e. The monoisotopic (exact) mass is 366 g/mol. The number of hydrogen-bond acceptors (Lipinski definition) is 2. The van der Waals surface area contributed by atoms with Crippen LogP contribution in [0.15, 0.2) is 53.5 Å². The van der Waals surface area contributed by atoms with Gasteiger partial charge in [-0.1, -0.05) is 48.9 Å². The maximum atomic E-state index is 11.1. The van der Waals surface area contributed by atoms with Gasteiger partial charge in [0.1, 0.15) is 0 Å². The molecule has 0 fully saturated rings. The van der Waals surface area contributed by atoms with E-state index in [1.807, 2.05) is 24.3 Å². The number of carbonyl (C=O) groups is 1. The lowest BCUT2D eigenvalue weighted by Crippen LogP contribution is -2.39. The third-order valence-electron chi connectivity index (χ3n) is 4.39. The van der Waals surface area contributed by atoms with Crippen LogP contribution in [0.25, 0.3) is 0 Å². The second-order valence-electron chi connectivity index (χ2n) is 6.82. The van der Waals surface area contributed by atoms with Gasteiger partial charge in [0, 0.05) is 32.7 Å². The van der Waals surface area contributed by atoms with Crippen LogP contribution in [0.2, 0.25) is 0 Å². The number of amides is 1. The van der Waals surface area contributed by atoms with Gasteiger partial charge in [-0.3, -0.25) is 9.79 Å². The Balaban J connectivity index is 1.76. The van der Waals surface area contributed by atoms with Crippen LogP contribution in [0, 0.1) is 6.92 Å². The van der Waals surface area contributed by atoms with Crippen molar-refractivity contribution in [3.05, 3.63) is 65.2 Å².